The molecule has 1 aliphatic rings. The average molecular weight is 433 g/mol. The Hall–Kier alpha value is -3.89. The summed E-state index contributed by atoms with van der Waals surface area (Å²) in [5.41, 5.74) is 0.864. The maximum atomic E-state index is 14.1. The van der Waals surface area contributed by atoms with E-state index < -0.39 is 17.9 Å². The summed E-state index contributed by atoms with van der Waals surface area (Å²) < 4.78 is 58.2. The number of aromatic nitrogens is 2. The zero-order chi connectivity index (χ0) is 22.0. The Balaban J connectivity index is 1.59. The minimum Gasteiger partial charge on any atom is -0.490 e. The van der Waals surface area contributed by atoms with Crippen molar-refractivity contribution < 1.29 is 27.1 Å². The third-order valence-electron chi connectivity index (χ3n) is 4.35. The van der Waals surface area contributed by atoms with Gasteiger partial charge in [-0.3, -0.25) is 9.69 Å². The fraction of sp³-hybridized carbons (Fsp3) is 0.150. The molecule has 1 aliphatic heterocycles. The standard InChI is InChI=1S/C20H15F4N5O2/c21-14-11-25-19(28-17(14)26-12-4-2-1-3-5-12)27-13-6-7-16-15(10-13)29(8-9-31-16)18(30)20(22,23)24/h1-7,10-11H,8-9H2,(H2,25,26,27,28). The molecule has 31 heavy (non-hydrogen) atoms. The molecule has 7 nitrogen and oxygen atoms in total. The van der Waals surface area contributed by atoms with Crippen LogP contribution in [-0.4, -0.2) is 35.2 Å². The number of hydrogen-bond donors (Lipinski definition) is 2. The first-order chi connectivity index (χ1) is 14.8. The molecule has 1 aromatic heterocycles. The van der Waals surface area contributed by atoms with E-state index in [9.17, 15) is 22.4 Å². The fourth-order valence-electron chi connectivity index (χ4n) is 2.96. The van der Waals surface area contributed by atoms with Gasteiger partial charge in [-0.15, -0.1) is 0 Å². The van der Waals surface area contributed by atoms with Crippen LogP contribution in [0.1, 0.15) is 0 Å². The number of para-hydroxylation sites is 1. The molecule has 2 N–H and O–H groups in total. The molecule has 0 bridgehead atoms. The molecule has 160 valence electrons. The molecule has 4 rings (SSSR count). The van der Waals surface area contributed by atoms with Crippen molar-refractivity contribution in [3.63, 3.8) is 0 Å². The number of alkyl halides is 3. The number of anilines is 5. The van der Waals surface area contributed by atoms with Gasteiger partial charge in [0.1, 0.15) is 12.4 Å². The molecule has 0 unspecified atom stereocenters. The van der Waals surface area contributed by atoms with E-state index in [1.54, 1.807) is 30.3 Å². The third-order valence-corrected chi connectivity index (χ3v) is 4.35. The minimum absolute atomic E-state index is 0.00482. The number of rotatable bonds is 4. The summed E-state index contributed by atoms with van der Waals surface area (Å²) >= 11 is 0. The second kappa shape index (κ2) is 8.09. The number of ether oxygens (including phenoxy) is 1. The van der Waals surface area contributed by atoms with Crippen LogP contribution >= 0.6 is 0 Å². The van der Waals surface area contributed by atoms with E-state index in [1.165, 1.54) is 18.2 Å². The molecular formula is C20H15F4N5O2. The first-order valence-corrected chi connectivity index (χ1v) is 9.08. The molecule has 0 radical (unpaired) electrons. The van der Waals surface area contributed by atoms with Gasteiger partial charge in [-0.1, -0.05) is 18.2 Å². The summed E-state index contributed by atoms with van der Waals surface area (Å²) in [6.45, 7) is -0.301. The topological polar surface area (TPSA) is 79.4 Å². The van der Waals surface area contributed by atoms with Gasteiger partial charge in [0.25, 0.3) is 0 Å². The predicted octanol–water partition coefficient (Wildman–Crippen LogP) is 4.39. The molecule has 11 heteroatoms. The van der Waals surface area contributed by atoms with E-state index in [2.05, 4.69) is 20.6 Å². The lowest BCUT2D eigenvalue weighted by Gasteiger charge is -2.30. The lowest BCUT2D eigenvalue weighted by molar-refractivity contribution is -0.170. The lowest BCUT2D eigenvalue weighted by atomic mass is 10.2. The zero-order valence-corrected chi connectivity index (χ0v) is 15.8. The van der Waals surface area contributed by atoms with Crippen LogP contribution < -0.4 is 20.3 Å². The van der Waals surface area contributed by atoms with Crippen molar-refractivity contribution in [3.05, 3.63) is 60.5 Å². The quantitative estimate of drug-likeness (QED) is 0.595. The summed E-state index contributed by atoms with van der Waals surface area (Å²) in [6.07, 6.45) is -4.06. The fourth-order valence-corrected chi connectivity index (χ4v) is 2.96. The first kappa shape index (κ1) is 20.4. The van der Waals surface area contributed by atoms with Gasteiger partial charge >= 0.3 is 12.1 Å². The van der Waals surface area contributed by atoms with Gasteiger partial charge < -0.3 is 15.4 Å². The van der Waals surface area contributed by atoms with Crippen molar-refractivity contribution >= 4 is 34.7 Å². The van der Waals surface area contributed by atoms with Crippen molar-refractivity contribution in [2.75, 3.05) is 28.7 Å². The number of nitrogens with zero attached hydrogens (tertiary/aromatic N) is 3. The summed E-state index contributed by atoms with van der Waals surface area (Å²) in [6, 6.07) is 13.1. The lowest BCUT2D eigenvalue weighted by Crippen LogP contribution is -2.45. The first-order valence-electron chi connectivity index (χ1n) is 9.08. The average Bonchev–Trinajstić information content (AvgIpc) is 2.75. The second-order valence-electron chi connectivity index (χ2n) is 6.49. The Bertz CT molecular complexity index is 1110. The minimum atomic E-state index is -5.02. The summed E-state index contributed by atoms with van der Waals surface area (Å²) in [5.74, 6) is -2.61. The molecule has 2 heterocycles. The van der Waals surface area contributed by atoms with Gasteiger partial charge in [0.15, 0.2) is 11.6 Å². The van der Waals surface area contributed by atoms with Crippen LogP contribution in [0, 0.1) is 5.82 Å². The second-order valence-corrected chi connectivity index (χ2v) is 6.49. The zero-order valence-electron chi connectivity index (χ0n) is 15.8. The molecule has 0 spiro atoms. The number of benzene rings is 2. The number of carbonyl (C=O) groups excluding carboxylic acids is 1. The summed E-state index contributed by atoms with van der Waals surface area (Å²) in [5, 5.41) is 5.62. The Morgan fingerprint density at radius 1 is 1.06 bits per heavy atom. The SMILES string of the molecule is O=C(N1CCOc2ccc(Nc3ncc(F)c(Nc4ccccc4)n3)cc21)C(F)(F)F. The summed E-state index contributed by atoms with van der Waals surface area (Å²) in [7, 11) is 0. The predicted molar refractivity (Wildman–Crippen MR) is 105 cm³/mol. The van der Waals surface area contributed by atoms with Crippen molar-refractivity contribution in [2.24, 2.45) is 0 Å². The van der Waals surface area contributed by atoms with Gasteiger partial charge in [-0.2, -0.15) is 18.2 Å². The molecule has 2 aromatic carbocycles. The number of carbonyl (C=O) groups is 1. The largest absolute Gasteiger partial charge is 0.490 e. The van der Waals surface area contributed by atoms with Crippen LogP contribution in [0.3, 0.4) is 0 Å². The highest BCUT2D eigenvalue weighted by Gasteiger charge is 2.44. The van der Waals surface area contributed by atoms with Crippen LogP contribution in [0.4, 0.5) is 46.4 Å². The van der Waals surface area contributed by atoms with Crippen LogP contribution in [0.2, 0.25) is 0 Å². The molecular weight excluding hydrogens is 418 g/mol. The molecule has 3 aromatic rings. The van der Waals surface area contributed by atoms with Crippen molar-refractivity contribution in [2.45, 2.75) is 6.18 Å². The van der Waals surface area contributed by atoms with Crippen LogP contribution in [-0.2, 0) is 4.79 Å². The number of halogens is 4. The number of hydrogen-bond acceptors (Lipinski definition) is 6. The maximum Gasteiger partial charge on any atom is 0.471 e. The van der Waals surface area contributed by atoms with E-state index in [0.29, 0.717) is 16.3 Å². The monoisotopic (exact) mass is 433 g/mol. The highest BCUT2D eigenvalue weighted by atomic mass is 19.4. The van der Waals surface area contributed by atoms with Gasteiger partial charge in [0.05, 0.1) is 18.4 Å². The molecule has 0 saturated heterocycles. The Morgan fingerprint density at radius 3 is 2.58 bits per heavy atom. The molecule has 0 atom stereocenters. The molecule has 1 amide bonds. The van der Waals surface area contributed by atoms with Gasteiger partial charge in [0, 0.05) is 11.4 Å². The Morgan fingerprint density at radius 2 is 1.84 bits per heavy atom. The Labute approximate surface area is 173 Å². The highest BCUT2D eigenvalue weighted by Crippen LogP contribution is 2.37. The van der Waals surface area contributed by atoms with E-state index >= 15 is 0 Å². The van der Waals surface area contributed by atoms with E-state index in [-0.39, 0.29) is 36.4 Å². The molecule has 0 saturated carbocycles. The van der Waals surface area contributed by atoms with Crippen LogP contribution in [0.25, 0.3) is 0 Å². The van der Waals surface area contributed by atoms with Gasteiger partial charge in [-0.25, -0.2) is 9.37 Å². The van der Waals surface area contributed by atoms with Gasteiger partial charge in [-0.05, 0) is 30.3 Å². The van der Waals surface area contributed by atoms with Crippen molar-refractivity contribution in [1.82, 2.24) is 9.97 Å². The van der Waals surface area contributed by atoms with Crippen LogP contribution in [0.15, 0.2) is 54.7 Å². The van der Waals surface area contributed by atoms with Crippen molar-refractivity contribution in [1.29, 1.82) is 0 Å². The number of nitrogens with one attached hydrogen (secondary N) is 2. The summed E-state index contributed by atoms with van der Waals surface area (Å²) in [4.78, 5) is 20.3. The van der Waals surface area contributed by atoms with E-state index in [4.69, 9.17) is 4.74 Å². The number of fused-ring (bicyclic) bond motifs is 1. The third kappa shape index (κ3) is 4.49. The van der Waals surface area contributed by atoms with Gasteiger partial charge in [0.2, 0.25) is 5.95 Å². The maximum absolute atomic E-state index is 14.1. The highest BCUT2D eigenvalue weighted by molar-refractivity contribution is 5.99. The molecule has 0 fully saturated rings. The van der Waals surface area contributed by atoms with E-state index in [0.717, 1.165) is 6.20 Å². The number of amides is 1. The Kier molecular flexibility index (Phi) is 5.32. The van der Waals surface area contributed by atoms with Crippen molar-refractivity contribution in [3.8, 4) is 5.75 Å². The van der Waals surface area contributed by atoms with Crippen LogP contribution in [0.5, 0.6) is 5.75 Å². The smallest absolute Gasteiger partial charge is 0.471 e. The molecule has 0 aliphatic carbocycles. The van der Waals surface area contributed by atoms with E-state index in [1.807, 2.05) is 0 Å². The normalized spacial score (nSPS) is 13.2.